The first-order valence-corrected chi connectivity index (χ1v) is 9.67. The number of carbonyl (C=O) groups is 1. The average Bonchev–Trinajstić information content (AvgIpc) is 2.71. The predicted octanol–water partition coefficient (Wildman–Crippen LogP) is 2.53. The normalized spacial score (nSPS) is 24.5. The van der Waals surface area contributed by atoms with Crippen LogP contribution >= 0.6 is 0 Å². The summed E-state index contributed by atoms with van der Waals surface area (Å²) in [6.07, 6.45) is -0.129. The average molecular weight is 385 g/mol. The molecule has 2 aromatic carbocycles. The molecule has 148 valence electrons. The first-order valence-electron chi connectivity index (χ1n) is 9.67. The van der Waals surface area contributed by atoms with Crippen molar-refractivity contribution in [2.24, 2.45) is 0 Å². The molecule has 6 heteroatoms. The van der Waals surface area contributed by atoms with Crippen LogP contribution in [0.15, 0.2) is 36.4 Å². The van der Waals surface area contributed by atoms with Crippen LogP contribution in [0.3, 0.4) is 0 Å². The second-order valence-corrected chi connectivity index (χ2v) is 7.50. The standard InChI is InChI=1S/C22H24FNO4/c23-17-5-4-15(20-11-19(26)22(27)21(12-25)28-20)10-16(17)9-13-3-6-18-14(8-13)2-1-7-24-18/h3-6,8,10,19-21,24-26H,1-2,7,9,11-12H2. The fraction of sp³-hybridized carbons (Fsp3) is 0.409. The van der Waals surface area contributed by atoms with E-state index in [4.69, 9.17) is 4.74 Å². The van der Waals surface area contributed by atoms with Crippen molar-refractivity contribution in [3.8, 4) is 0 Å². The minimum Gasteiger partial charge on any atom is -0.393 e. The summed E-state index contributed by atoms with van der Waals surface area (Å²) in [5, 5.41) is 22.6. The van der Waals surface area contributed by atoms with E-state index in [9.17, 15) is 19.4 Å². The van der Waals surface area contributed by atoms with Crippen molar-refractivity contribution >= 4 is 11.5 Å². The lowest BCUT2D eigenvalue weighted by Gasteiger charge is -2.31. The van der Waals surface area contributed by atoms with Crippen molar-refractivity contribution in [2.45, 2.75) is 44.0 Å². The van der Waals surface area contributed by atoms with Gasteiger partial charge in [0.25, 0.3) is 0 Å². The Kier molecular flexibility index (Phi) is 5.44. The third kappa shape index (κ3) is 3.81. The monoisotopic (exact) mass is 385 g/mol. The topological polar surface area (TPSA) is 78.8 Å². The number of hydrogen-bond donors (Lipinski definition) is 3. The Balaban J connectivity index is 1.57. The molecule has 5 nitrogen and oxygen atoms in total. The molecule has 0 bridgehead atoms. The molecule has 2 aliphatic heterocycles. The summed E-state index contributed by atoms with van der Waals surface area (Å²) in [5.41, 5.74) is 4.67. The van der Waals surface area contributed by atoms with Gasteiger partial charge in [-0.1, -0.05) is 18.2 Å². The second-order valence-electron chi connectivity index (χ2n) is 7.50. The molecule has 0 aromatic heterocycles. The summed E-state index contributed by atoms with van der Waals surface area (Å²) in [5.74, 6) is -0.811. The largest absolute Gasteiger partial charge is 0.393 e. The predicted molar refractivity (Wildman–Crippen MR) is 103 cm³/mol. The third-order valence-corrected chi connectivity index (χ3v) is 5.52. The SMILES string of the molecule is O=C1C(O)CC(c2ccc(F)c(Cc3ccc4c(c3)CCCN4)c2)OC1CO. The molecule has 0 spiro atoms. The minimum absolute atomic E-state index is 0.102. The van der Waals surface area contributed by atoms with Gasteiger partial charge in [0, 0.05) is 25.1 Å². The lowest BCUT2D eigenvalue weighted by Crippen LogP contribution is -2.43. The molecule has 3 unspecified atom stereocenters. The maximum Gasteiger partial charge on any atom is 0.192 e. The van der Waals surface area contributed by atoms with Crippen LogP contribution in [-0.4, -0.2) is 41.4 Å². The Morgan fingerprint density at radius 1 is 1.21 bits per heavy atom. The van der Waals surface area contributed by atoms with E-state index in [1.54, 1.807) is 12.1 Å². The number of ether oxygens (including phenoxy) is 1. The molecule has 0 aliphatic carbocycles. The Hall–Kier alpha value is -2.28. The Labute approximate surface area is 163 Å². The first kappa shape index (κ1) is 19.1. The number of Topliss-reactive ketones (excluding diaryl/α,β-unsaturated/α-hetero) is 1. The summed E-state index contributed by atoms with van der Waals surface area (Å²) in [6, 6.07) is 10.9. The van der Waals surface area contributed by atoms with Gasteiger partial charge in [-0.25, -0.2) is 4.39 Å². The van der Waals surface area contributed by atoms with Crippen molar-refractivity contribution in [3.63, 3.8) is 0 Å². The number of aryl methyl sites for hydroxylation is 1. The molecule has 1 fully saturated rings. The van der Waals surface area contributed by atoms with Gasteiger partial charge in [-0.05, 0) is 53.3 Å². The lowest BCUT2D eigenvalue weighted by atomic mass is 9.92. The van der Waals surface area contributed by atoms with Crippen LogP contribution in [0.4, 0.5) is 10.1 Å². The molecular weight excluding hydrogens is 361 g/mol. The molecular formula is C22H24FNO4. The van der Waals surface area contributed by atoms with E-state index in [1.165, 1.54) is 11.6 Å². The van der Waals surface area contributed by atoms with Crippen molar-refractivity contribution in [1.82, 2.24) is 0 Å². The van der Waals surface area contributed by atoms with E-state index in [2.05, 4.69) is 11.4 Å². The van der Waals surface area contributed by atoms with Gasteiger partial charge in [-0.2, -0.15) is 0 Å². The molecule has 28 heavy (non-hydrogen) atoms. The van der Waals surface area contributed by atoms with E-state index in [0.717, 1.165) is 30.6 Å². The molecule has 0 radical (unpaired) electrons. The number of nitrogens with one attached hydrogen (secondary N) is 1. The molecule has 4 rings (SSSR count). The van der Waals surface area contributed by atoms with E-state index < -0.39 is 30.7 Å². The van der Waals surface area contributed by atoms with Crippen molar-refractivity contribution < 1.29 is 24.1 Å². The van der Waals surface area contributed by atoms with Gasteiger partial charge in [0.1, 0.15) is 18.0 Å². The molecule has 2 heterocycles. The summed E-state index contributed by atoms with van der Waals surface area (Å²) in [4.78, 5) is 11.8. The molecule has 2 aromatic rings. The first-order chi connectivity index (χ1) is 13.5. The van der Waals surface area contributed by atoms with Gasteiger partial charge in [0.15, 0.2) is 5.78 Å². The highest BCUT2D eigenvalue weighted by atomic mass is 19.1. The number of anilines is 1. The molecule has 1 saturated heterocycles. The molecule has 2 aliphatic rings. The number of hydrogen-bond acceptors (Lipinski definition) is 5. The summed E-state index contributed by atoms with van der Waals surface area (Å²) in [7, 11) is 0. The van der Waals surface area contributed by atoms with Gasteiger partial charge in [-0.3, -0.25) is 4.79 Å². The fourth-order valence-corrected chi connectivity index (χ4v) is 3.99. The molecule has 3 atom stereocenters. The van der Waals surface area contributed by atoms with Gasteiger partial charge in [-0.15, -0.1) is 0 Å². The Morgan fingerprint density at radius 2 is 2.07 bits per heavy atom. The van der Waals surface area contributed by atoms with Crippen LogP contribution in [0.25, 0.3) is 0 Å². The molecule has 3 N–H and O–H groups in total. The zero-order valence-corrected chi connectivity index (χ0v) is 15.5. The number of aliphatic hydroxyl groups is 2. The summed E-state index contributed by atoms with van der Waals surface area (Å²) >= 11 is 0. The van der Waals surface area contributed by atoms with Gasteiger partial charge in [0.05, 0.1) is 12.7 Å². The molecule has 0 saturated carbocycles. The van der Waals surface area contributed by atoms with E-state index in [-0.39, 0.29) is 12.2 Å². The van der Waals surface area contributed by atoms with Crippen LogP contribution in [0.2, 0.25) is 0 Å². The lowest BCUT2D eigenvalue weighted by molar-refractivity contribution is -0.161. The van der Waals surface area contributed by atoms with E-state index >= 15 is 0 Å². The van der Waals surface area contributed by atoms with E-state index in [1.807, 2.05) is 12.1 Å². The number of rotatable bonds is 4. The second kappa shape index (κ2) is 7.99. The van der Waals surface area contributed by atoms with Gasteiger partial charge < -0.3 is 20.3 Å². The van der Waals surface area contributed by atoms with Gasteiger partial charge >= 0.3 is 0 Å². The maximum absolute atomic E-state index is 14.4. The van der Waals surface area contributed by atoms with Crippen molar-refractivity contribution in [3.05, 3.63) is 64.5 Å². The van der Waals surface area contributed by atoms with Crippen LogP contribution in [0.1, 0.15) is 41.2 Å². The number of ketones is 1. The Morgan fingerprint density at radius 3 is 2.89 bits per heavy atom. The van der Waals surface area contributed by atoms with Crippen LogP contribution in [0, 0.1) is 5.82 Å². The minimum atomic E-state index is -1.18. The maximum atomic E-state index is 14.4. The van der Waals surface area contributed by atoms with Gasteiger partial charge in [0.2, 0.25) is 0 Å². The van der Waals surface area contributed by atoms with Crippen LogP contribution < -0.4 is 5.32 Å². The van der Waals surface area contributed by atoms with Crippen LogP contribution in [0.5, 0.6) is 0 Å². The third-order valence-electron chi connectivity index (χ3n) is 5.52. The summed E-state index contributed by atoms with van der Waals surface area (Å²) in [6.45, 7) is 0.497. The molecule has 0 amide bonds. The van der Waals surface area contributed by atoms with E-state index in [0.29, 0.717) is 17.5 Å². The fourth-order valence-electron chi connectivity index (χ4n) is 3.99. The smallest absolute Gasteiger partial charge is 0.192 e. The highest BCUT2D eigenvalue weighted by Crippen LogP contribution is 2.32. The van der Waals surface area contributed by atoms with Crippen molar-refractivity contribution in [2.75, 3.05) is 18.5 Å². The quantitative estimate of drug-likeness (QED) is 0.754. The number of halogens is 1. The summed E-state index contributed by atoms with van der Waals surface area (Å²) < 4.78 is 20.1. The Bertz CT molecular complexity index is 885. The number of aliphatic hydroxyl groups excluding tert-OH is 2. The highest BCUT2D eigenvalue weighted by Gasteiger charge is 2.36. The van der Waals surface area contributed by atoms with Crippen molar-refractivity contribution in [1.29, 1.82) is 0 Å². The highest BCUT2D eigenvalue weighted by molar-refractivity contribution is 5.88. The number of benzene rings is 2. The zero-order chi connectivity index (χ0) is 19.7. The number of carbonyl (C=O) groups excluding carboxylic acids is 1. The van der Waals surface area contributed by atoms with Crippen LogP contribution in [-0.2, 0) is 22.4 Å². The zero-order valence-electron chi connectivity index (χ0n) is 15.5. The number of fused-ring (bicyclic) bond motifs is 1.